The lowest BCUT2D eigenvalue weighted by Crippen LogP contribution is -2.28. The number of thioether (sulfide) groups is 1. The van der Waals surface area contributed by atoms with Gasteiger partial charge >= 0.3 is 5.69 Å². The van der Waals surface area contributed by atoms with Crippen LogP contribution in [0.2, 0.25) is 0 Å². The van der Waals surface area contributed by atoms with Gasteiger partial charge in [-0.3, -0.25) is 4.79 Å². The Bertz CT molecular complexity index is 982. The fraction of sp³-hybridized carbons (Fsp3) is 0.250. The second kappa shape index (κ2) is 7.06. The number of nitrogens with zero attached hydrogens (tertiary/aromatic N) is 4. The van der Waals surface area contributed by atoms with Crippen LogP contribution in [0.25, 0.3) is 5.65 Å². The molecule has 0 aliphatic heterocycles. The molecule has 0 saturated carbocycles. The number of carbonyl (C=O) groups is 1. The zero-order valence-electron chi connectivity index (χ0n) is 13.6. The molecule has 9 heteroatoms. The van der Waals surface area contributed by atoms with Crippen LogP contribution >= 0.6 is 11.8 Å². The summed E-state index contributed by atoms with van der Waals surface area (Å²) in [6.45, 7) is 3.77. The molecule has 0 aliphatic carbocycles. The molecular formula is C16H16FN5O2S. The number of nitrogens with one attached hydrogen (secondary N) is 1. The standard InChI is InChI=1S/C16H16FN5O2S/c1-10(2)25-15-7-6-13-19-21(16(24)22(13)20-15)9-14(23)18-12-5-3-4-11(17)8-12/h3-8,10H,9H2,1-2H3,(H,18,23). The first kappa shape index (κ1) is 17.2. The molecule has 0 radical (unpaired) electrons. The lowest BCUT2D eigenvalue weighted by Gasteiger charge is -2.04. The van der Waals surface area contributed by atoms with Crippen molar-refractivity contribution in [3.05, 3.63) is 52.7 Å². The van der Waals surface area contributed by atoms with Crippen LogP contribution in [0.15, 0.2) is 46.2 Å². The van der Waals surface area contributed by atoms with E-state index < -0.39 is 17.4 Å². The summed E-state index contributed by atoms with van der Waals surface area (Å²) in [7, 11) is 0. The number of carbonyl (C=O) groups excluding carboxylic acids is 1. The van der Waals surface area contributed by atoms with Gasteiger partial charge in [0.2, 0.25) is 5.91 Å². The molecular weight excluding hydrogens is 345 g/mol. The summed E-state index contributed by atoms with van der Waals surface area (Å²) in [5.74, 6) is -0.935. The number of benzene rings is 1. The molecule has 0 fully saturated rings. The van der Waals surface area contributed by atoms with Crippen LogP contribution in [0.5, 0.6) is 0 Å². The summed E-state index contributed by atoms with van der Waals surface area (Å²) in [6.07, 6.45) is 0. The first-order valence-electron chi connectivity index (χ1n) is 7.61. The lowest BCUT2D eigenvalue weighted by atomic mass is 10.3. The molecule has 3 rings (SSSR count). The van der Waals surface area contributed by atoms with Gasteiger partial charge in [-0.2, -0.15) is 9.61 Å². The maximum Gasteiger partial charge on any atom is 0.367 e. The quantitative estimate of drug-likeness (QED) is 0.705. The molecule has 2 aromatic heterocycles. The predicted octanol–water partition coefficient (Wildman–Crippen LogP) is 2.17. The van der Waals surface area contributed by atoms with Crippen molar-refractivity contribution in [2.45, 2.75) is 30.7 Å². The van der Waals surface area contributed by atoms with Crippen molar-refractivity contribution in [1.29, 1.82) is 0 Å². The monoisotopic (exact) mass is 361 g/mol. The van der Waals surface area contributed by atoms with Crippen molar-refractivity contribution < 1.29 is 9.18 Å². The fourth-order valence-electron chi connectivity index (χ4n) is 2.20. The van der Waals surface area contributed by atoms with Gasteiger partial charge in [0.25, 0.3) is 0 Å². The Hall–Kier alpha value is -2.68. The number of hydrogen-bond acceptors (Lipinski definition) is 5. The zero-order chi connectivity index (χ0) is 18.0. The number of anilines is 1. The highest BCUT2D eigenvalue weighted by Crippen LogP contribution is 2.19. The normalized spacial score (nSPS) is 11.2. The van der Waals surface area contributed by atoms with Gasteiger partial charge in [0.15, 0.2) is 5.65 Å². The first-order chi connectivity index (χ1) is 11.9. The van der Waals surface area contributed by atoms with E-state index in [9.17, 15) is 14.0 Å². The van der Waals surface area contributed by atoms with E-state index in [1.165, 1.54) is 34.5 Å². The molecule has 2 heterocycles. The molecule has 25 heavy (non-hydrogen) atoms. The van der Waals surface area contributed by atoms with Crippen LogP contribution in [0, 0.1) is 5.82 Å². The SMILES string of the molecule is CC(C)Sc1ccc2nn(CC(=O)Nc3cccc(F)c3)c(=O)n2n1. The molecule has 0 aliphatic rings. The minimum absolute atomic E-state index is 0.286. The third-order valence-corrected chi connectivity index (χ3v) is 4.10. The summed E-state index contributed by atoms with van der Waals surface area (Å²) in [6, 6.07) is 8.98. The number of hydrogen-bond donors (Lipinski definition) is 1. The smallest absolute Gasteiger partial charge is 0.324 e. The summed E-state index contributed by atoms with van der Waals surface area (Å²) in [5.41, 5.74) is 0.169. The number of rotatable bonds is 5. The largest absolute Gasteiger partial charge is 0.367 e. The van der Waals surface area contributed by atoms with Crippen molar-refractivity contribution in [2.75, 3.05) is 5.32 Å². The molecule has 3 aromatic rings. The summed E-state index contributed by atoms with van der Waals surface area (Å²) < 4.78 is 15.3. The Labute approximate surface area is 146 Å². The number of fused-ring (bicyclic) bond motifs is 1. The van der Waals surface area contributed by atoms with E-state index in [0.29, 0.717) is 21.6 Å². The van der Waals surface area contributed by atoms with Crippen molar-refractivity contribution in [2.24, 2.45) is 0 Å². The Balaban J connectivity index is 1.80. The molecule has 1 N–H and O–H groups in total. The van der Waals surface area contributed by atoms with Gasteiger partial charge in [0.1, 0.15) is 17.4 Å². The molecule has 130 valence electrons. The van der Waals surface area contributed by atoms with Gasteiger partial charge in [-0.15, -0.1) is 16.9 Å². The summed E-state index contributed by atoms with van der Waals surface area (Å²) in [4.78, 5) is 24.4. The molecule has 7 nitrogen and oxygen atoms in total. The van der Waals surface area contributed by atoms with E-state index in [-0.39, 0.29) is 6.54 Å². The Morgan fingerprint density at radius 3 is 2.80 bits per heavy atom. The van der Waals surface area contributed by atoms with Gasteiger partial charge < -0.3 is 5.32 Å². The average molecular weight is 361 g/mol. The van der Waals surface area contributed by atoms with E-state index >= 15 is 0 Å². The Morgan fingerprint density at radius 2 is 2.08 bits per heavy atom. The maximum absolute atomic E-state index is 13.1. The van der Waals surface area contributed by atoms with Crippen LogP contribution in [0.1, 0.15) is 13.8 Å². The molecule has 0 atom stereocenters. The highest BCUT2D eigenvalue weighted by atomic mass is 32.2. The van der Waals surface area contributed by atoms with Crippen LogP contribution in [-0.4, -0.2) is 30.6 Å². The number of amides is 1. The van der Waals surface area contributed by atoms with E-state index in [1.807, 2.05) is 13.8 Å². The highest BCUT2D eigenvalue weighted by molar-refractivity contribution is 7.99. The van der Waals surface area contributed by atoms with Crippen molar-refractivity contribution in [3.63, 3.8) is 0 Å². The van der Waals surface area contributed by atoms with Gasteiger partial charge in [0.05, 0.1) is 0 Å². The summed E-state index contributed by atoms with van der Waals surface area (Å²) in [5, 5.41) is 11.9. The lowest BCUT2D eigenvalue weighted by molar-refractivity contribution is -0.117. The average Bonchev–Trinajstić information content (AvgIpc) is 2.83. The van der Waals surface area contributed by atoms with Gasteiger partial charge in [-0.1, -0.05) is 19.9 Å². The predicted molar refractivity (Wildman–Crippen MR) is 93.3 cm³/mol. The Kier molecular flexibility index (Phi) is 4.84. The molecule has 0 bridgehead atoms. The molecule has 0 saturated heterocycles. The zero-order valence-corrected chi connectivity index (χ0v) is 14.5. The maximum atomic E-state index is 13.1. The fourth-order valence-corrected chi connectivity index (χ4v) is 2.96. The molecule has 1 aromatic carbocycles. The number of aromatic nitrogens is 4. The van der Waals surface area contributed by atoms with Crippen molar-refractivity contribution in [3.8, 4) is 0 Å². The van der Waals surface area contributed by atoms with Crippen LogP contribution in [-0.2, 0) is 11.3 Å². The second-order valence-corrected chi connectivity index (χ2v) is 7.20. The molecule has 0 unspecified atom stereocenters. The minimum Gasteiger partial charge on any atom is -0.324 e. The van der Waals surface area contributed by atoms with Crippen LogP contribution < -0.4 is 11.0 Å². The van der Waals surface area contributed by atoms with E-state index in [1.54, 1.807) is 18.2 Å². The summed E-state index contributed by atoms with van der Waals surface area (Å²) >= 11 is 1.53. The molecule has 1 amide bonds. The first-order valence-corrected chi connectivity index (χ1v) is 8.49. The third-order valence-electron chi connectivity index (χ3n) is 3.17. The van der Waals surface area contributed by atoms with Crippen molar-refractivity contribution in [1.82, 2.24) is 19.4 Å². The highest BCUT2D eigenvalue weighted by Gasteiger charge is 2.13. The van der Waals surface area contributed by atoms with Crippen molar-refractivity contribution >= 4 is 29.0 Å². The van der Waals surface area contributed by atoms with Crippen LogP contribution in [0.3, 0.4) is 0 Å². The number of halogens is 1. The third kappa shape index (κ3) is 4.05. The second-order valence-electron chi connectivity index (χ2n) is 5.61. The van der Waals surface area contributed by atoms with E-state index in [2.05, 4.69) is 15.5 Å². The minimum atomic E-state index is -0.504. The van der Waals surface area contributed by atoms with E-state index in [0.717, 1.165) is 4.68 Å². The van der Waals surface area contributed by atoms with Crippen LogP contribution in [0.4, 0.5) is 10.1 Å². The van der Waals surface area contributed by atoms with E-state index in [4.69, 9.17) is 0 Å². The topological polar surface area (TPSA) is 81.3 Å². The molecule has 0 spiro atoms. The van der Waals surface area contributed by atoms with Gasteiger partial charge in [0, 0.05) is 10.9 Å². The van der Waals surface area contributed by atoms with Gasteiger partial charge in [-0.25, -0.2) is 13.9 Å². The Morgan fingerprint density at radius 1 is 1.28 bits per heavy atom. The van der Waals surface area contributed by atoms with Gasteiger partial charge in [-0.05, 0) is 30.3 Å².